The van der Waals surface area contributed by atoms with Crippen LogP contribution >= 0.6 is 0 Å². The van der Waals surface area contributed by atoms with Crippen LogP contribution in [0.3, 0.4) is 0 Å². The van der Waals surface area contributed by atoms with Crippen molar-refractivity contribution < 1.29 is 14.3 Å². The van der Waals surface area contributed by atoms with E-state index in [0.29, 0.717) is 13.2 Å². The smallest absolute Gasteiger partial charge is 0.253 e. The predicted molar refractivity (Wildman–Crippen MR) is 98.4 cm³/mol. The van der Waals surface area contributed by atoms with E-state index in [1.54, 1.807) is 0 Å². The third-order valence-corrected chi connectivity index (χ3v) is 4.40. The Kier molecular flexibility index (Phi) is 5.94. The van der Waals surface area contributed by atoms with Gasteiger partial charge in [0.15, 0.2) is 0 Å². The molecule has 3 rings (SSSR count). The van der Waals surface area contributed by atoms with Crippen LogP contribution in [-0.4, -0.2) is 37.1 Å². The standard InChI is InChI=1S/C21H25NO3/c1-17-7-2-3-8-20(17)25-16-6-15-24-19-11-9-18(10-12-19)21(23)22-13-4-5-14-22/h2-3,7-12H,4-6,13-16H2,1H3. The number of hydrogen-bond acceptors (Lipinski definition) is 3. The van der Waals surface area contributed by atoms with Gasteiger partial charge in [0.25, 0.3) is 5.91 Å². The Labute approximate surface area is 149 Å². The maximum atomic E-state index is 12.3. The van der Waals surface area contributed by atoms with Crippen molar-refractivity contribution in [3.63, 3.8) is 0 Å². The number of likely N-dealkylation sites (tertiary alicyclic amines) is 1. The van der Waals surface area contributed by atoms with Crippen LogP contribution in [0.2, 0.25) is 0 Å². The van der Waals surface area contributed by atoms with Gasteiger partial charge in [-0.25, -0.2) is 0 Å². The molecule has 0 spiro atoms. The Morgan fingerprint density at radius 3 is 2.36 bits per heavy atom. The first-order valence-electron chi connectivity index (χ1n) is 8.94. The van der Waals surface area contributed by atoms with Crippen LogP contribution in [-0.2, 0) is 0 Å². The zero-order chi connectivity index (χ0) is 17.5. The molecule has 0 radical (unpaired) electrons. The van der Waals surface area contributed by atoms with Crippen LogP contribution in [0.15, 0.2) is 48.5 Å². The van der Waals surface area contributed by atoms with Gasteiger partial charge >= 0.3 is 0 Å². The molecule has 1 heterocycles. The quantitative estimate of drug-likeness (QED) is 0.714. The number of para-hydroxylation sites is 1. The molecule has 0 aromatic heterocycles. The van der Waals surface area contributed by atoms with Gasteiger partial charge < -0.3 is 14.4 Å². The van der Waals surface area contributed by atoms with E-state index in [1.807, 2.05) is 60.4 Å². The van der Waals surface area contributed by atoms with Gasteiger partial charge in [-0.3, -0.25) is 4.79 Å². The van der Waals surface area contributed by atoms with Gasteiger partial charge in [-0.05, 0) is 55.7 Å². The molecule has 0 aliphatic carbocycles. The van der Waals surface area contributed by atoms with E-state index in [1.165, 1.54) is 0 Å². The zero-order valence-electron chi connectivity index (χ0n) is 14.7. The average Bonchev–Trinajstić information content (AvgIpc) is 3.17. The number of amides is 1. The largest absolute Gasteiger partial charge is 0.493 e. The maximum absolute atomic E-state index is 12.3. The number of aryl methyl sites for hydroxylation is 1. The minimum absolute atomic E-state index is 0.121. The molecule has 2 aromatic rings. The summed E-state index contributed by atoms with van der Waals surface area (Å²) in [6.07, 6.45) is 3.03. The van der Waals surface area contributed by atoms with Crippen molar-refractivity contribution in [1.29, 1.82) is 0 Å². The number of nitrogens with zero attached hydrogens (tertiary/aromatic N) is 1. The van der Waals surface area contributed by atoms with Crippen LogP contribution in [0, 0.1) is 6.92 Å². The van der Waals surface area contributed by atoms with Gasteiger partial charge in [0, 0.05) is 25.1 Å². The number of hydrogen-bond donors (Lipinski definition) is 0. The summed E-state index contributed by atoms with van der Waals surface area (Å²) >= 11 is 0. The van der Waals surface area contributed by atoms with Crippen LogP contribution in [0.5, 0.6) is 11.5 Å². The number of benzene rings is 2. The van der Waals surface area contributed by atoms with Crippen molar-refractivity contribution in [2.75, 3.05) is 26.3 Å². The fraction of sp³-hybridized carbons (Fsp3) is 0.381. The average molecular weight is 339 g/mol. The van der Waals surface area contributed by atoms with Crippen molar-refractivity contribution >= 4 is 5.91 Å². The molecule has 1 amide bonds. The highest BCUT2D eigenvalue weighted by Crippen LogP contribution is 2.18. The molecule has 25 heavy (non-hydrogen) atoms. The van der Waals surface area contributed by atoms with E-state index in [9.17, 15) is 4.79 Å². The number of carbonyl (C=O) groups excluding carboxylic acids is 1. The summed E-state index contributed by atoms with van der Waals surface area (Å²) in [5, 5.41) is 0. The Bertz CT molecular complexity index is 691. The first kappa shape index (κ1) is 17.3. The molecule has 1 fully saturated rings. The summed E-state index contributed by atoms with van der Waals surface area (Å²) in [5.41, 5.74) is 1.87. The van der Waals surface area contributed by atoms with Crippen LogP contribution < -0.4 is 9.47 Å². The summed E-state index contributed by atoms with van der Waals surface area (Å²) < 4.78 is 11.5. The lowest BCUT2D eigenvalue weighted by Gasteiger charge is -2.15. The molecule has 1 saturated heterocycles. The predicted octanol–water partition coefficient (Wildman–Crippen LogP) is 4.08. The van der Waals surface area contributed by atoms with Crippen molar-refractivity contribution in [3.8, 4) is 11.5 Å². The molecule has 0 unspecified atom stereocenters. The lowest BCUT2D eigenvalue weighted by atomic mass is 10.2. The molecule has 0 N–H and O–H groups in total. The highest BCUT2D eigenvalue weighted by molar-refractivity contribution is 5.94. The van der Waals surface area contributed by atoms with Crippen molar-refractivity contribution in [1.82, 2.24) is 4.90 Å². The minimum atomic E-state index is 0.121. The summed E-state index contributed by atoms with van der Waals surface area (Å²) in [6.45, 7) is 4.99. The first-order chi connectivity index (χ1) is 12.2. The van der Waals surface area contributed by atoms with Gasteiger partial charge in [0.2, 0.25) is 0 Å². The highest BCUT2D eigenvalue weighted by atomic mass is 16.5. The normalized spacial score (nSPS) is 13.7. The Hall–Kier alpha value is -2.49. The second-order valence-corrected chi connectivity index (χ2v) is 6.34. The van der Waals surface area contributed by atoms with Gasteiger partial charge in [-0.15, -0.1) is 0 Å². The van der Waals surface area contributed by atoms with E-state index < -0.39 is 0 Å². The van der Waals surface area contributed by atoms with Crippen LogP contribution in [0.4, 0.5) is 0 Å². The van der Waals surface area contributed by atoms with Gasteiger partial charge in [-0.1, -0.05) is 18.2 Å². The molecule has 0 bridgehead atoms. The number of rotatable bonds is 7. The maximum Gasteiger partial charge on any atom is 0.253 e. The fourth-order valence-electron chi connectivity index (χ4n) is 2.95. The molecular formula is C21H25NO3. The highest BCUT2D eigenvalue weighted by Gasteiger charge is 2.19. The molecule has 132 valence electrons. The summed E-state index contributed by atoms with van der Waals surface area (Å²) in [7, 11) is 0. The fourth-order valence-corrected chi connectivity index (χ4v) is 2.95. The molecule has 0 saturated carbocycles. The van der Waals surface area contributed by atoms with E-state index in [-0.39, 0.29) is 5.91 Å². The molecular weight excluding hydrogens is 314 g/mol. The topological polar surface area (TPSA) is 38.8 Å². The third-order valence-electron chi connectivity index (χ3n) is 4.40. The monoisotopic (exact) mass is 339 g/mol. The third kappa shape index (κ3) is 4.75. The molecule has 4 heteroatoms. The Balaban J connectivity index is 1.40. The minimum Gasteiger partial charge on any atom is -0.493 e. The Morgan fingerprint density at radius 1 is 0.960 bits per heavy atom. The Morgan fingerprint density at radius 2 is 1.64 bits per heavy atom. The van der Waals surface area contributed by atoms with Crippen molar-refractivity contribution in [3.05, 3.63) is 59.7 Å². The van der Waals surface area contributed by atoms with Gasteiger partial charge in [0.1, 0.15) is 11.5 Å². The number of carbonyl (C=O) groups is 1. The second kappa shape index (κ2) is 8.56. The van der Waals surface area contributed by atoms with Crippen LogP contribution in [0.1, 0.15) is 35.2 Å². The van der Waals surface area contributed by atoms with E-state index >= 15 is 0 Å². The van der Waals surface area contributed by atoms with Crippen molar-refractivity contribution in [2.45, 2.75) is 26.2 Å². The summed E-state index contributed by atoms with van der Waals surface area (Å²) in [6, 6.07) is 15.4. The lowest BCUT2D eigenvalue weighted by Crippen LogP contribution is -2.27. The SMILES string of the molecule is Cc1ccccc1OCCCOc1ccc(C(=O)N2CCCC2)cc1. The van der Waals surface area contributed by atoms with Gasteiger partial charge in [-0.2, -0.15) is 0 Å². The summed E-state index contributed by atoms with van der Waals surface area (Å²) in [5.74, 6) is 1.83. The lowest BCUT2D eigenvalue weighted by molar-refractivity contribution is 0.0793. The molecule has 0 atom stereocenters. The first-order valence-corrected chi connectivity index (χ1v) is 8.94. The van der Waals surface area contributed by atoms with E-state index in [0.717, 1.165) is 55.0 Å². The van der Waals surface area contributed by atoms with Gasteiger partial charge in [0.05, 0.1) is 13.2 Å². The molecule has 1 aliphatic heterocycles. The van der Waals surface area contributed by atoms with Crippen LogP contribution in [0.25, 0.3) is 0 Å². The zero-order valence-corrected chi connectivity index (χ0v) is 14.7. The van der Waals surface area contributed by atoms with E-state index in [4.69, 9.17) is 9.47 Å². The summed E-state index contributed by atoms with van der Waals surface area (Å²) in [4.78, 5) is 14.2. The second-order valence-electron chi connectivity index (χ2n) is 6.34. The van der Waals surface area contributed by atoms with E-state index in [2.05, 4.69) is 0 Å². The number of ether oxygens (including phenoxy) is 2. The molecule has 2 aromatic carbocycles. The van der Waals surface area contributed by atoms with Crippen molar-refractivity contribution in [2.24, 2.45) is 0 Å². The molecule has 4 nitrogen and oxygen atoms in total. The molecule has 1 aliphatic rings.